The van der Waals surface area contributed by atoms with Gasteiger partial charge >= 0.3 is 0 Å². The Balaban J connectivity index is 1.74. The highest BCUT2D eigenvalue weighted by molar-refractivity contribution is 8.00. The van der Waals surface area contributed by atoms with Gasteiger partial charge in [0, 0.05) is 11.6 Å². The van der Waals surface area contributed by atoms with Crippen LogP contribution in [0.3, 0.4) is 0 Å². The molecular weight excluding hydrogens is 358 g/mol. The second kappa shape index (κ2) is 7.97. The number of hydrogen-bond donors (Lipinski definition) is 1. The van der Waals surface area contributed by atoms with E-state index in [2.05, 4.69) is 21.8 Å². The molecule has 2 aromatic heterocycles. The van der Waals surface area contributed by atoms with E-state index in [4.69, 9.17) is 16.0 Å². The third-order valence-corrected chi connectivity index (χ3v) is 5.12. The SMILES string of the molecule is CCCn1c(S[C@@H](C)C(=O)NCc2ccco2)nc2cc(Cl)ccc21. The van der Waals surface area contributed by atoms with E-state index < -0.39 is 0 Å². The van der Waals surface area contributed by atoms with Crippen molar-refractivity contribution in [3.63, 3.8) is 0 Å². The van der Waals surface area contributed by atoms with Gasteiger partial charge in [-0.2, -0.15) is 0 Å². The number of rotatable bonds is 7. The number of thioether (sulfide) groups is 1. The fourth-order valence-electron chi connectivity index (χ4n) is 2.55. The largest absolute Gasteiger partial charge is 0.467 e. The highest BCUT2D eigenvalue weighted by Gasteiger charge is 2.19. The zero-order valence-electron chi connectivity index (χ0n) is 14.2. The summed E-state index contributed by atoms with van der Waals surface area (Å²) in [5, 5.41) is 4.12. The van der Waals surface area contributed by atoms with E-state index in [1.54, 1.807) is 12.3 Å². The topological polar surface area (TPSA) is 60.1 Å². The second-order valence-electron chi connectivity index (χ2n) is 5.74. The summed E-state index contributed by atoms with van der Waals surface area (Å²) < 4.78 is 7.38. The summed E-state index contributed by atoms with van der Waals surface area (Å²) >= 11 is 7.53. The van der Waals surface area contributed by atoms with Crippen molar-refractivity contribution in [2.45, 2.75) is 43.8 Å². The molecular formula is C18H20ClN3O2S. The molecule has 25 heavy (non-hydrogen) atoms. The quantitative estimate of drug-likeness (QED) is 0.616. The molecule has 0 bridgehead atoms. The van der Waals surface area contributed by atoms with Crippen LogP contribution in [0.25, 0.3) is 11.0 Å². The molecule has 0 aliphatic heterocycles. The van der Waals surface area contributed by atoms with Crippen molar-refractivity contribution in [3.05, 3.63) is 47.4 Å². The number of aromatic nitrogens is 2. The fraction of sp³-hybridized carbons (Fsp3) is 0.333. The van der Waals surface area contributed by atoms with Gasteiger partial charge in [0.05, 0.1) is 29.1 Å². The highest BCUT2D eigenvalue weighted by Crippen LogP contribution is 2.29. The zero-order chi connectivity index (χ0) is 17.8. The van der Waals surface area contributed by atoms with Crippen molar-refractivity contribution in [2.75, 3.05) is 0 Å². The van der Waals surface area contributed by atoms with Crippen LogP contribution in [0.4, 0.5) is 0 Å². The molecule has 0 radical (unpaired) electrons. The first-order valence-corrected chi connectivity index (χ1v) is 9.46. The number of fused-ring (bicyclic) bond motifs is 1. The van der Waals surface area contributed by atoms with Crippen LogP contribution >= 0.6 is 23.4 Å². The molecule has 132 valence electrons. The van der Waals surface area contributed by atoms with Gasteiger partial charge in [-0.15, -0.1) is 0 Å². The van der Waals surface area contributed by atoms with E-state index in [1.165, 1.54) is 11.8 Å². The molecule has 0 saturated carbocycles. The number of furan rings is 1. The average Bonchev–Trinajstić information content (AvgIpc) is 3.21. The van der Waals surface area contributed by atoms with E-state index in [0.717, 1.165) is 34.9 Å². The summed E-state index contributed by atoms with van der Waals surface area (Å²) in [5.74, 6) is 0.688. The third kappa shape index (κ3) is 4.19. The standard InChI is InChI=1S/C18H20ClN3O2S/c1-3-8-22-16-7-6-13(19)10-15(16)21-18(22)25-12(2)17(23)20-11-14-5-4-9-24-14/h4-7,9-10,12H,3,8,11H2,1-2H3,(H,20,23)/t12-/m0/s1. The zero-order valence-corrected chi connectivity index (χ0v) is 15.7. The predicted octanol–water partition coefficient (Wildman–Crippen LogP) is 4.49. The second-order valence-corrected chi connectivity index (χ2v) is 7.48. The fourth-order valence-corrected chi connectivity index (χ4v) is 3.69. The minimum absolute atomic E-state index is 0.0467. The van der Waals surface area contributed by atoms with Gasteiger partial charge in [0.2, 0.25) is 5.91 Å². The number of imidazole rings is 1. The normalized spacial score (nSPS) is 12.4. The maximum absolute atomic E-state index is 12.3. The lowest BCUT2D eigenvalue weighted by atomic mass is 10.3. The van der Waals surface area contributed by atoms with Gasteiger partial charge in [0.1, 0.15) is 5.76 Å². The summed E-state index contributed by atoms with van der Waals surface area (Å²) in [4.78, 5) is 17.0. The Morgan fingerprint density at radius 2 is 2.28 bits per heavy atom. The number of aryl methyl sites for hydroxylation is 1. The minimum Gasteiger partial charge on any atom is -0.467 e. The molecule has 0 spiro atoms. The number of halogens is 1. The maximum atomic E-state index is 12.3. The number of benzene rings is 1. The average molecular weight is 378 g/mol. The molecule has 0 saturated heterocycles. The van der Waals surface area contributed by atoms with Crippen LogP contribution in [0.1, 0.15) is 26.0 Å². The smallest absolute Gasteiger partial charge is 0.233 e. The van der Waals surface area contributed by atoms with Crippen molar-refractivity contribution in [1.82, 2.24) is 14.9 Å². The van der Waals surface area contributed by atoms with Crippen molar-refractivity contribution in [2.24, 2.45) is 0 Å². The Morgan fingerprint density at radius 3 is 3.00 bits per heavy atom. The molecule has 2 heterocycles. The Morgan fingerprint density at radius 1 is 1.44 bits per heavy atom. The van der Waals surface area contributed by atoms with E-state index in [1.807, 2.05) is 31.2 Å². The van der Waals surface area contributed by atoms with Crippen LogP contribution in [0, 0.1) is 0 Å². The molecule has 1 amide bonds. The highest BCUT2D eigenvalue weighted by atomic mass is 35.5. The summed E-state index contributed by atoms with van der Waals surface area (Å²) in [6.45, 7) is 5.24. The molecule has 3 rings (SSSR count). The van der Waals surface area contributed by atoms with Crippen LogP contribution in [-0.4, -0.2) is 20.7 Å². The molecule has 0 unspecified atom stereocenters. The Bertz CT molecular complexity index is 861. The molecule has 7 heteroatoms. The number of nitrogens with one attached hydrogen (secondary N) is 1. The van der Waals surface area contributed by atoms with Crippen LogP contribution in [-0.2, 0) is 17.9 Å². The van der Waals surface area contributed by atoms with Gasteiger partial charge in [-0.1, -0.05) is 30.3 Å². The summed E-state index contributed by atoms with van der Waals surface area (Å²) in [5.41, 5.74) is 1.89. The van der Waals surface area contributed by atoms with Gasteiger partial charge in [-0.25, -0.2) is 4.98 Å². The first kappa shape index (κ1) is 17.9. The third-order valence-electron chi connectivity index (χ3n) is 3.79. The van der Waals surface area contributed by atoms with E-state index in [-0.39, 0.29) is 11.2 Å². The van der Waals surface area contributed by atoms with Crippen LogP contribution in [0.5, 0.6) is 0 Å². The van der Waals surface area contributed by atoms with Crippen molar-refractivity contribution in [1.29, 1.82) is 0 Å². The molecule has 0 aliphatic rings. The summed E-state index contributed by atoms with van der Waals surface area (Å²) in [6, 6.07) is 9.34. The van der Waals surface area contributed by atoms with Crippen LogP contribution in [0.2, 0.25) is 5.02 Å². The monoisotopic (exact) mass is 377 g/mol. The first-order valence-electron chi connectivity index (χ1n) is 8.21. The molecule has 5 nitrogen and oxygen atoms in total. The van der Waals surface area contributed by atoms with Crippen LogP contribution in [0.15, 0.2) is 46.2 Å². The number of carbonyl (C=O) groups is 1. The van der Waals surface area contributed by atoms with Gasteiger partial charge in [-0.05, 0) is 43.7 Å². The van der Waals surface area contributed by atoms with Gasteiger partial charge in [-0.3, -0.25) is 4.79 Å². The van der Waals surface area contributed by atoms with Gasteiger partial charge < -0.3 is 14.3 Å². The molecule has 0 aliphatic carbocycles. The number of carbonyl (C=O) groups excluding carboxylic acids is 1. The Labute approximate surface area is 155 Å². The van der Waals surface area contributed by atoms with E-state index >= 15 is 0 Å². The Kier molecular flexibility index (Phi) is 5.71. The van der Waals surface area contributed by atoms with Gasteiger partial charge in [0.15, 0.2) is 5.16 Å². The Hall–Kier alpha value is -1.92. The number of amides is 1. The van der Waals surface area contributed by atoms with E-state index in [0.29, 0.717) is 11.6 Å². The number of hydrogen-bond acceptors (Lipinski definition) is 4. The molecule has 1 N–H and O–H groups in total. The van der Waals surface area contributed by atoms with Crippen molar-refractivity contribution >= 4 is 40.3 Å². The molecule has 1 aromatic carbocycles. The lowest BCUT2D eigenvalue weighted by molar-refractivity contribution is -0.120. The van der Waals surface area contributed by atoms with Crippen molar-refractivity contribution in [3.8, 4) is 0 Å². The van der Waals surface area contributed by atoms with Crippen molar-refractivity contribution < 1.29 is 9.21 Å². The maximum Gasteiger partial charge on any atom is 0.233 e. The van der Waals surface area contributed by atoms with Gasteiger partial charge in [0.25, 0.3) is 0 Å². The summed E-state index contributed by atoms with van der Waals surface area (Å²) in [7, 11) is 0. The van der Waals surface area contributed by atoms with E-state index in [9.17, 15) is 4.79 Å². The van der Waals surface area contributed by atoms with Crippen LogP contribution < -0.4 is 5.32 Å². The molecule has 1 atom stereocenters. The number of nitrogens with zero attached hydrogens (tertiary/aromatic N) is 2. The predicted molar refractivity (Wildman–Crippen MR) is 101 cm³/mol. The minimum atomic E-state index is -0.266. The molecule has 0 fully saturated rings. The lowest BCUT2D eigenvalue weighted by Crippen LogP contribution is -2.30. The first-order chi connectivity index (χ1) is 12.1. The lowest BCUT2D eigenvalue weighted by Gasteiger charge is -2.12. The summed E-state index contributed by atoms with van der Waals surface area (Å²) in [6.07, 6.45) is 2.58. The molecule has 3 aromatic rings.